The molecule has 2 nitrogen and oxygen atoms in total. The zero-order valence-corrected chi connectivity index (χ0v) is 10.3. The third kappa shape index (κ3) is 2.76. The van der Waals surface area contributed by atoms with Gasteiger partial charge in [-0.25, -0.2) is 0 Å². The SMILES string of the molecule is N#CCc1cc(-c2ccc(Cl)c(Cl)c2)ccn1. The van der Waals surface area contributed by atoms with Crippen LogP contribution in [0.5, 0.6) is 0 Å². The second kappa shape index (κ2) is 5.18. The zero-order valence-electron chi connectivity index (χ0n) is 8.82. The molecular formula is C13H8Cl2N2. The van der Waals surface area contributed by atoms with Gasteiger partial charge in [-0.2, -0.15) is 5.26 Å². The first-order valence-corrected chi connectivity index (χ1v) is 5.73. The lowest BCUT2D eigenvalue weighted by Gasteiger charge is -2.04. The average molecular weight is 263 g/mol. The lowest BCUT2D eigenvalue weighted by Crippen LogP contribution is -1.88. The number of aromatic nitrogens is 1. The number of benzene rings is 1. The molecule has 2 rings (SSSR count). The number of hydrogen-bond acceptors (Lipinski definition) is 2. The van der Waals surface area contributed by atoms with Gasteiger partial charge in [-0.15, -0.1) is 0 Å². The summed E-state index contributed by atoms with van der Waals surface area (Å²) < 4.78 is 0. The van der Waals surface area contributed by atoms with E-state index in [-0.39, 0.29) is 0 Å². The van der Waals surface area contributed by atoms with Crippen LogP contribution in [0.3, 0.4) is 0 Å². The summed E-state index contributed by atoms with van der Waals surface area (Å²) in [5, 5.41) is 9.68. The van der Waals surface area contributed by atoms with E-state index in [2.05, 4.69) is 11.1 Å². The van der Waals surface area contributed by atoms with Crippen LogP contribution in [0.15, 0.2) is 36.5 Å². The van der Waals surface area contributed by atoms with E-state index in [4.69, 9.17) is 28.5 Å². The first-order chi connectivity index (χ1) is 8.20. The maximum absolute atomic E-state index is 8.63. The van der Waals surface area contributed by atoms with Gasteiger partial charge in [0.05, 0.1) is 28.2 Å². The van der Waals surface area contributed by atoms with Crippen molar-refractivity contribution in [2.75, 3.05) is 0 Å². The Morgan fingerprint density at radius 1 is 1.06 bits per heavy atom. The molecule has 2 aromatic rings. The Morgan fingerprint density at radius 3 is 2.53 bits per heavy atom. The molecule has 0 saturated heterocycles. The number of nitriles is 1. The van der Waals surface area contributed by atoms with E-state index in [1.165, 1.54) is 0 Å². The van der Waals surface area contributed by atoms with Crippen LogP contribution in [-0.2, 0) is 6.42 Å². The summed E-state index contributed by atoms with van der Waals surface area (Å²) in [7, 11) is 0. The minimum atomic E-state index is 0.301. The van der Waals surface area contributed by atoms with Crippen LogP contribution in [0.2, 0.25) is 10.0 Å². The van der Waals surface area contributed by atoms with Gasteiger partial charge in [0.2, 0.25) is 0 Å². The van der Waals surface area contributed by atoms with Crippen LogP contribution >= 0.6 is 23.2 Å². The molecule has 0 N–H and O–H groups in total. The van der Waals surface area contributed by atoms with Crippen molar-refractivity contribution in [2.45, 2.75) is 6.42 Å². The second-order valence-electron chi connectivity index (χ2n) is 3.50. The molecule has 0 aliphatic carbocycles. The van der Waals surface area contributed by atoms with Gasteiger partial charge in [0.1, 0.15) is 0 Å². The van der Waals surface area contributed by atoms with Crippen molar-refractivity contribution in [1.29, 1.82) is 5.26 Å². The Bertz CT molecular complexity index is 588. The summed E-state index contributed by atoms with van der Waals surface area (Å²) in [5.41, 5.74) is 2.68. The topological polar surface area (TPSA) is 36.7 Å². The molecule has 0 aliphatic rings. The molecule has 1 aromatic heterocycles. The first-order valence-electron chi connectivity index (χ1n) is 4.98. The molecule has 1 heterocycles. The quantitative estimate of drug-likeness (QED) is 0.817. The van der Waals surface area contributed by atoms with Gasteiger partial charge in [0, 0.05) is 6.20 Å². The van der Waals surface area contributed by atoms with Crippen LogP contribution in [0.25, 0.3) is 11.1 Å². The summed E-state index contributed by atoms with van der Waals surface area (Å²) in [5.74, 6) is 0. The van der Waals surface area contributed by atoms with Crippen LogP contribution < -0.4 is 0 Å². The molecule has 0 spiro atoms. The standard InChI is InChI=1S/C13H8Cl2N2/c14-12-2-1-9(8-13(12)15)10-4-6-17-11(7-10)3-5-16/h1-2,4,6-8H,3H2. The third-order valence-electron chi connectivity index (χ3n) is 2.33. The summed E-state index contributed by atoms with van der Waals surface area (Å²) in [6.45, 7) is 0. The van der Waals surface area contributed by atoms with Gasteiger partial charge in [-0.05, 0) is 35.4 Å². The van der Waals surface area contributed by atoms with Crippen molar-refractivity contribution in [2.24, 2.45) is 0 Å². The van der Waals surface area contributed by atoms with Gasteiger partial charge in [-0.1, -0.05) is 29.3 Å². The molecule has 0 atom stereocenters. The maximum Gasteiger partial charge on any atom is 0.0774 e. The summed E-state index contributed by atoms with van der Waals surface area (Å²) in [6.07, 6.45) is 1.99. The smallest absolute Gasteiger partial charge is 0.0774 e. The lowest BCUT2D eigenvalue weighted by molar-refractivity contribution is 1.12. The van der Waals surface area contributed by atoms with Crippen LogP contribution in [-0.4, -0.2) is 4.98 Å². The van der Waals surface area contributed by atoms with Gasteiger partial charge in [0.15, 0.2) is 0 Å². The molecule has 0 radical (unpaired) electrons. The fourth-order valence-electron chi connectivity index (χ4n) is 1.51. The molecule has 4 heteroatoms. The summed E-state index contributed by atoms with van der Waals surface area (Å²) in [4.78, 5) is 4.11. The third-order valence-corrected chi connectivity index (χ3v) is 3.07. The predicted molar refractivity (Wildman–Crippen MR) is 69.0 cm³/mol. The second-order valence-corrected chi connectivity index (χ2v) is 4.31. The normalized spacial score (nSPS) is 9.94. The minimum absolute atomic E-state index is 0.301. The summed E-state index contributed by atoms with van der Waals surface area (Å²) in [6, 6.07) is 11.3. The molecule has 0 unspecified atom stereocenters. The highest BCUT2D eigenvalue weighted by Gasteiger charge is 2.03. The molecule has 1 aromatic carbocycles. The van der Waals surface area contributed by atoms with Gasteiger partial charge < -0.3 is 0 Å². The van der Waals surface area contributed by atoms with E-state index in [1.807, 2.05) is 18.2 Å². The minimum Gasteiger partial charge on any atom is -0.260 e. The molecule has 0 amide bonds. The molecule has 0 bridgehead atoms. The monoisotopic (exact) mass is 262 g/mol. The highest BCUT2D eigenvalue weighted by molar-refractivity contribution is 6.42. The van der Waals surface area contributed by atoms with E-state index < -0.39 is 0 Å². The fraction of sp³-hybridized carbons (Fsp3) is 0.0769. The van der Waals surface area contributed by atoms with E-state index in [9.17, 15) is 0 Å². The fourth-order valence-corrected chi connectivity index (χ4v) is 1.81. The largest absolute Gasteiger partial charge is 0.260 e. The van der Waals surface area contributed by atoms with Crippen molar-refractivity contribution in [1.82, 2.24) is 4.98 Å². The predicted octanol–water partition coefficient (Wildman–Crippen LogP) is 4.12. The lowest BCUT2D eigenvalue weighted by atomic mass is 10.1. The van der Waals surface area contributed by atoms with Crippen LogP contribution in [0, 0.1) is 11.3 Å². The van der Waals surface area contributed by atoms with Gasteiger partial charge in [0.25, 0.3) is 0 Å². The van der Waals surface area contributed by atoms with Crippen molar-refractivity contribution in [3.63, 3.8) is 0 Å². The Morgan fingerprint density at radius 2 is 1.82 bits per heavy atom. The highest BCUT2D eigenvalue weighted by Crippen LogP contribution is 2.28. The van der Waals surface area contributed by atoms with E-state index in [1.54, 1.807) is 18.3 Å². The van der Waals surface area contributed by atoms with Gasteiger partial charge in [-0.3, -0.25) is 4.98 Å². The first kappa shape index (κ1) is 11.9. The molecule has 0 saturated carbocycles. The van der Waals surface area contributed by atoms with Crippen LogP contribution in [0.1, 0.15) is 5.69 Å². The van der Waals surface area contributed by atoms with Crippen molar-refractivity contribution in [3.05, 3.63) is 52.3 Å². The Labute approximate surface area is 109 Å². The number of nitrogens with zero attached hydrogens (tertiary/aromatic N) is 2. The number of pyridine rings is 1. The van der Waals surface area contributed by atoms with Crippen molar-refractivity contribution in [3.8, 4) is 17.2 Å². The van der Waals surface area contributed by atoms with Crippen molar-refractivity contribution >= 4 is 23.2 Å². The maximum atomic E-state index is 8.63. The van der Waals surface area contributed by atoms with E-state index >= 15 is 0 Å². The molecule has 17 heavy (non-hydrogen) atoms. The molecular weight excluding hydrogens is 255 g/mol. The Balaban J connectivity index is 2.42. The molecule has 0 fully saturated rings. The van der Waals surface area contributed by atoms with Crippen molar-refractivity contribution < 1.29 is 0 Å². The highest BCUT2D eigenvalue weighted by atomic mass is 35.5. The Kier molecular flexibility index (Phi) is 3.63. The van der Waals surface area contributed by atoms with E-state index in [0.29, 0.717) is 16.5 Å². The molecule has 0 aliphatic heterocycles. The number of hydrogen-bond donors (Lipinski definition) is 0. The summed E-state index contributed by atoms with van der Waals surface area (Å²) >= 11 is 11.8. The molecule has 84 valence electrons. The average Bonchev–Trinajstić information content (AvgIpc) is 2.33. The van der Waals surface area contributed by atoms with Gasteiger partial charge >= 0.3 is 0 Å². The van der Waals surface area contributed by atoms with Crippen LogP contribution in [0.4, 0.5) is 0 Å². The Hall–Kier alpha value is -1.56. The van der Waals surface area contributed by atoms with E-state index in [0.717, 1.165) is 16.8 Å². The number of halogens is 2. The number of rotatable bonds is 2. The zero-order chi connectivity index (χ0) is 12.3.